The summed E-state index contributed by atoms with van der Waals surface area (Å²) in [5.41, 5.74) is 5.12. The molecule has 0 radical (unpaired) electrons. The molecule has 6 rings (SSSR count). The van der Waals surface area contributed by atoms with Gasteiger partial charge in [-0.3, -0.25) is 18.9 Å². The molecule has 0 atom stereocenters. The van der Waals surface area contributed by atoms with Gasteiger partial charge in [0.25, 0.3) is 5.56 Å². The van der Waals surface area contributed by atoms with Crippen molar-refractivity contribution in [2.24, 2.45) is 0 Å². The number of rotatable bonds is 10. The van der Waals surface area contributed by atoms with E-state index in [0.717, 1.165) is 71.3 Å². The van der Waals surface area contributed by atoms with E-state index in [-0.39, 0.29) is 17.7 Å². The number of benzene rings is 2. The van der Waals surface area contributed by atoms with Crippen molar-refractivity contribution in [3.05, 3.63) is 92.5 Å². The van der Waals surface area contributed by atoms with Crippen molar-refractivity contribution in [3.63, 3.8) is 0 Å². The van der Waals surface area contributed by atoms with Crippen molar-refractivity contribution >= 4 is 5.65 Å². The number of ether oxygens (including phenoxy) is 1. The number of aliphatic hydroxyl groups is 1. The number of fused-ring (bicyclic) bond motifs is 1. The van der Waals surface area contributed by atoms with E-state index in [4.69, 9.17) is 9.26 Å². The third kappa shape index (κ3) is 6.15. The molecule has 2 N–H and O–H groups in total. The molecule has 1 saturated carbocycles. The van der Waals surface area contributed by atoms with Crippen LogP contribution in [0.2, 0.25) is 0 Å². The van der Waals surface area contributed by atoms with Crippen LogP contribution < -0.4 is 11.3 Å². The molecule has 0 spiro atoms. The molecule has 1 fully saturated rings. The van der Waals surface area contributed by atoms with Crippen LogP contribution in [0.1, 0.15) is 75.7 Å². The van der Waals surface area contributed by atoms with E-state index in [1.54, 1.807) is 20.0 Å². The van der Waals surface area contributed by atoms with Gasteiger partial charge in [0.1, 0.15) is 0 Å². The second-order valence-corrected chi connectivity index (χ2v) is 12.3. The molecular formula is C33H38N6O5. The maximum atomic E-state index is 14.3. The van der Waals surface area contributed by atoms with Crippen molar-refractivity contribution < 1.29 is 14.4 Å². The average molecular weight is 599 g/mol. The lowest BCUT2D eigenvalue weighted by molar-refractivity contribution is -0.0654. The summed E-state index contributed by atoms with van der Waals surface area (Å²) in [4.78, 5) is 28.5. The Bertz CT molecular complexity index is 1850. The summed E-state index contributed by atoms with van der Waals surface area (Å²) in [6, 6.07) is 15.8. The van der Waals surface area contributed by atoms with E-state index in [1.165, 1.54) is 0 Å². The Hall–Kier alpha value is -4.35. The summed E-state index contributed by atoms with van der Waals surface area (Å²) in [7, 11) is 0. The zero-order valence-corrected chi connectivity index (χ0v) is 25.3. The number of hydrogen-bond acceptors (Lipinski definition) is 8. The monoisotopic (exact) mass is 598 g/mol. The molecule has 2 aromatic carbocycles. The van der Waals surface area contributed by atoms with Crippen molar-refractivity contribution in [2.75, 3.05) is 6.61 Å². The lowest BCUT2D eigenvalue weighted by atomic mass is 9.92. The first-order chi connectivity index (χ1) is 21.2. The third-order valence-electron chi connectivity index (χ3n) is 8.30. The van der Waals surface area contributed by atoms with Crippen molar-refractivity contribution in [1.82, 2.24) is 29.5 Å². The first-order valence-corrected chi connectivity index (χ1v) is 15.3. The highest BCUT2D eigenvalue weighted by Gasteiger charge is 2.29. The number of H-pyrrole nitrogens is 1. The second kappa shape index (κ2) is 12.3. The van der Waals surface area contributed by atoms with Gasteiger partial charge in [0.15, 0.2) is 11.5 Å². The predicted molar refractivity (Wildman–Crippen MR) is 166 cm³/mol. The molecule has 3 heterocycles. The zero-order chi connectivity index (χ0) is 30.8. The maximum absolute atomic E-state index is 14.3. The standard InChI is InChI=1S/C33H38N6O5/c1-4-7-28-27(18-21-10-12-22(13-11-21)25-8-5-6-9-26(25)30-35-32(41)44-36-30)31(40)38(29-19-34-37-39(28)29)23-14-16-24(17-15-23)43-20-33(2,3)42/h5-6,8-13,19,23-24,42H,4,7,14-18,20H2,1-3H3,(H,35,36,41)/t23-,24-. The van der Waals surface area contributed by atoms with Crippen LogP contribution in [-0.4, -0.2) is 53.0 Å². The molecule has 5 aromatic rings. The average Bonchev–Trinajstić information content (AvgIpc) is 3.68. The number of hydrogen-bond donors (Lipinski definition) is 2. The van der Waals surface area contributed by atoms with Gasteiger partial charge in [-0.1, -0.05) is 72.2 Å². The van der Waals surface area contributed by atoms with E-state index in [1.807, 2.05) is 57.6 Å². The molecule has 0 bridgehead atoms. The summed E-state index contributed by atoms with van der Waals surface area (Å²) in [6.07, 6.45) is 7.04. The lowest BCUT2D eigenvalue weighted by Crippen LogP contribution is -2.36. The Balaban J connectivity index is 1.30. The number of nitrogens with one attached hydrogen (secondary N) is 1. The van der Waals surface area contributed by atoms with Crippen molar-refractivity contribution in [3.8, 4) is 22.5 Å². The fraction of sp³-hybridized carbons (Fsp3) is 0.424. The van der Waals surface area contributed by atoms with Crippen LogP contribution in [0, 0.1) is 0 Å². The summed E-state index contributed by atoms with van der Waals surface area (Å²) in [6.45, 7) is 5.88. The molecule has 0 saturated heterocycles. The van der Waals surface area contributed by atoms with Gasteiger partial charge < -0.3 is 9.84 Å². The normalized spacial score (nSPS) is 17.4. The molecule has 44 heavy (non-hydrogen) atoms. The van der Waals surface area contributed by atoms with Crippen molar-refractivity contribution in [2.45, 2.75) is 83.5 Å². The Morgan fingerprint density at radius 2 is 1.77 bits per heavy atom. The summed E-state index contributed by atoms with van der Waals surface area (Å²) in [5, 5.41) is 22.5. The van der Waals surface area contributed by atoms with E-state index in [2.05, 4.69) is 27.4 Å². The number of aromatic amines is 1. The van der Waals surface area contributed by atoms with Crippen LogP contribution in [0.5, 0.6) is 0 Å². The summed E-state index contributed by atoms with van der Waals surface area (Å²) in [5.74, 6) is -0.228. The minimum Gasteiger partial charge on any atom is -0.388 e. The molecule has 0 unspecified atom stereocenters. The van der Waals surface area contributed by atoms with Crippen LogP contribution in [-0.2, 0) is 17.6 Å². The van der Waals surface area contributed by atoms with Gasteiger partial charge in [-0.05, 0) is 62.6 Å². The molecule has 1 aliphatic carbocycles. The number of aryl methyl sites for hydroxylation is 1. The maximum Gasteiger partial charge on any atom is 0.439 e. The Labute approximate surface area is 254 Å². The highest BCUT2D eigenvalue weighted by Crippen LogP contribution is 2.32. The first kappa shape index (κ1) is 29.7. The predicted octanol–water partition coefficient (Wildman–Crippen LogP) is 4.72. The van der Waals surface area contributed by atoms with E-state index in [0.29, 0.717) is 25.3 Å². The van der Waals surface area contributed by atoms with Gasteiger partial charge >= 0.3 is 5.76 Å². The van der Waals surface area contributed by atoms with Gasteiger partial charge in [-0.2, -0.15) is 0 Å². The van der Waals surface area contributed by atoms with Crippen LogP contribution in [0.4, 0.5) is 0 Å². The molecule has 1 aliphatic rings. The van der Waals surface area contributed by atoms with E-state index in [9.17, 15) is 14.7 Å². The quantitative estimate of drug-likeness (QED) is 0.235. The SMILES string of the molecule is CCCc1c(Cc2ccc(-c3ccccc3-c3noc(=O)[nH]3)cc2)c(=O)n([C@H]2CC[C@H](OCC(C)(C)O)CC2)c2cnnn12. The van der Waals surface area contributed by atoms with Gasteiger partial charge in [-0.15, -0.1) is 5.10 Å². The Kier molecular flexibility index (Phi) is 8.33. The largest absolute Gasteiger partial charge is 0.439 e. The van der Waals surface area contributed by atoms with Crippen LogP contribution >= 0.6 is 0 Å². The summed E-state index contributed by atoms with van der Waals surface area (Å²) < 4.78 is 14.4. The zero-order valence-electron chi connectivity index (χ0n) is 25.3. The molecule has 230 valence electrons. The molecule has 11 nitrogen and oxygen atoms in total. The summed E-state index contributed by atoms with van der Waals surface area (Å²) >= 11 is 0. The first-order valence-electron chi connectivity index (χ1n) is 15.3. The molecule has 0 amide bonds. The molecule has 3 aromatic heterocycles. The number of nitrogens with zero attached hydrogens (tertiary/aromatic N) is 5. The minimum atomic E-state index is -0.869. The Morgan fingerprint density at radius 3 is 2.43 bits per heavy atom. The van der Waals surface area contributed by atoms with Gasteiger partial charge in [0.2, 0.25) is 0 Å². The van der Waals surface area contributed by atoms with Crippen molar-refractivity contribution in [1.29, 1.82) is 0 Å². The van der Waals surface area contributed by atoms with Crippen LogP contribution in [0.25, 0.3) is 28.2 Å². The minimum absolute atomic E-state index is 0.00789. The highest BCUT2D eigenvalue weighted by atomic mass is 16.5. The Morgan fingerprint density at radius 1 is 1.05 bits per heavy atom. The molecule has 0 aliphatic heterocycles. The fourth-order valence-electron chi connectivity index (χ4n) is 6.20. The molecular weight excluding hydrogens is 560 g/mol. The molecule has 11 heteroatoms. The lowest BCUT2D eigenvalue weighted by Gasteiger charge is -2.32. The van der Waals surface area contributed by atoms with Crippen LogP contribution in [0.3, 0.4) is 0 Å². The second-order valence-electron chi connectivity index (χ2n) is 12.3. The smallest absolute Gasteiger partial charge is 0.388 e. The van der Waals surface area contributed by atoms with Gasteiger partial charge in [-0.25, -0.2) is 9.31 Å². The highest BCUT2D eigenvalue weighted by molar-refractivity contribution is 5.80. The third-order valence-corrected chi connectivity index (χ3v) is 8.30. The van der Waals surface area contributed by atoms with Gasteiger partial charge in [0.05, 0.1) is 30.2 Å². The van der Waals surface area contributed by atoms with E-state index < -0.39 is 11.4 Å². The number of aromatic nitrogens is 6. The topological polar surface area (TPSA) is 141 Å². The van der Waals surface area contributed by atoms with Crippen LogP contribution in [0.15, 0.2) is 68.8 Å². The fourth-order valence-corrected chi connectivity index (χ4v) is 6.20. The van der Waals surface area contributed by atoms with Gasteiger partial charge in [0, 0.05) is 23.6 Å². The van der Waals surface area contributed by atoms with E-state index >= 15 is 0 Å².